The fourth-order valence-corrected chi connectivity index (χ4v) is 2.70. The second-order valence-electron chi connectivity index (χ2n) is 7.18. The molecule has 0 aliphatic rings. The molecule has 2 heterocycles. The molecule has 0 fully saturated rings. The van der Waals surface area contributed by atoms with Gasteiger partial charge in [-0.05, 0) is 42.7 Å². The number of rotatable bonds is 9. The van der Waals surface area contributed by atoms with Crippen molar-refractivity contribution in [1.29, 1.82) is 0 Å². The van der Waals surface area contributed by atoms with Gasteiger partial charge in [0.05, 0.1) is 24.5 Å². The van der Waals surface area contributed by atoms with E-state index in [9.17, 15) is 0 Å². The molecular formula is C23H29N5O2. The number of nitrogens with zero attached hydrogens (tertiary/aromatic N) is 3. The normalized spacial score (nSPS) is 11.5. The van der Waals surface area contributed by atoms with Crippen LogP contribution in [0.1, 0.15) is 49.4 Å². The lowest BCUT2D eigenvalue weighted by Gasteiger charge is -2.10. The van der Waals surface area contributed by atoms with Crippen LogP contribution < -0.4 is 15.4 Å². The Morgan fingerprint density at radius 2 is 1.97 bits per heavy atom. The molecule has 0 atom stereocenters. The third-order valence-corrected chi connectivity index (χ3v) is 4.40. The van der Waals surface area contributed by atoms with Crippen LogP contribution in [-0.2, 0) is 19.7 Å². The summed E-state index contributed by atoms with van der Waals surface area (Å²) in [4.78, 5) is 8.90. The van der Waals surface area contributed by atoms with Crippen molar-refractivity contribution in [3.05, 3.63) is 77.4 Å². The van der Waals surface area contributed by atoms with Crippen molar-refractivity contribution < 1.29 is 9.26 Å². The lowest BCUT2D eigenvalue weighted by molar-refractivity contribution is 0.301. The monoisotopic (exact) mass is 407 g/mol. The highest BCUT2D eigenvalue weighted by Crippen LogP contribution is 2.15. The molecule has 7 heteroatoms. The number of aliphatic imine (C=N–C) groups is 1. The van der Waals surface area contributed by atoms with Crippen LogP contribution in [0.25, 0.3) is 0 Å². The molecule has 0 spiro atoms. The quantitative estimate of drug-likeness (QED) is 0.412. The Bertz CT molecular complexity index is 920. The van der Waals surface area contributed by atoms with Crippen LogP contribution in [0.2, 0.25) is 0 Å². The zero-order valence-electron chi connectivity index (χ0n) is 17.8. The molecule has 7 nitrogen and oxygen atoms in total. The van der Waals surface area contributed by atoms with E-state index in [4.69, 9.17) is 9.26 Å². The summed E-state index contributed by atoms with van der Waals surface area (Å²) in [7, 11) is 0. The largest absolute Gasteiger partial charge is 0.487 e. The van der Waals surface area contributed by atoms with Crippen molar-refractivity contribution in [1.82, 2.24) is 20.8 Å². The summed E-state index contributed by atoms with van der Waals surface area (Å²) in [5.74, 6) is 2.68. The Balaban J connectivity index is 1.51. The smallest absolute Gasteiger partial charge is 0.191 e. The maximum atomic E-state index is 5.78. The molecule has 2 aromatic heterocycles. The topological polar surface area (TPSA) is 84.6 Å². The average Bonchev–Trinajstić information content (AvgIpc) is 3.25. The summed E-state index contributed by atoms with van der Waals surface area (Å²) in [5, 5.41) is 10.6. The Morgan fingerprint density at radius 1 is 1.13 bits per heavy atom. The van der Waals surface area contributed by atoms with Gasteiger partial charge in [-0.1, -0.05) is 37.2 Å². The van der Waals surface area contributed by atoms with Crippen LogP contribution in [0, 0.1) is 0 Å². The van der Waals surface area contributed by atoms with E-state index >= 15 is 0 Å². The molecule has 0 saturated heterocycles. The number of aromatic nitrogens is 2. The number of pyridine rings is 1. The maximum Gasteiger partial charge on any atom is 0.191 e. The van der Waals surface area contributed by atoms with Gasteiger partial charge in [-0.2, -0.15) is 0 Å². The molecule has 1 aromatic carbocycles. The summed E-state index contributed by atoms with van der Waals surface area (Å²) in [6, 6.07) is 15.7. The summed E-state index contributed by atoms with van der Waals surface area (Å²) < 4.78 is 11.1. The number of guanidine groups is 1. The van der Waals surface area contributed by atoms with Gasteiger partial charge in [0, 0.05) is 18.8 Å². The molecule has 0 saturated carbocycles. The molecule has 0 aliphatic heterocycles. The van der Waals surface area contributed by atoms with Gasteiger partial charge in [-0.25, -0.2) is 4.99 Å². The highest BCUT2D eigenvalue weighted by Gasteiger charge is 2.08. The molecule has 0 bridgehead atoms. The van der Waals surface area contributed by atoms with Gasteiger partial charge in [0.1, 0.15) is 12.4 Å². The van der Waals surface area contributed by atoms with Gasteiger partial charge in [-0.3, -0.25) is 4.98 Å². The Morgan fingerprint density at radius 3 is 2.63 bits per heavy atom. The minimum absolute atomic E-state index is 0.348. The SMILES string of the molecule is CCNC(=NCc1ccc(OCc2ccccn2)cc1)NCc1cc(C(C)C)no1. The molecule has 0 aliphatic carbocycles. The molecule has 2 N–H and O–H groups in total. The van der Waals surface area contributed by atoms with E-state index in [2.05, 4.69) is 39.6 Å². The van der Waals surface area contributed by atoms with Crippen molar-refractivity contribution in [3.63, 3.8) is 0 Å². The third-order valence-electron chi connectivity index (χ3n) is 4.40. The highest BCUT2D eigenvalue weighted by molar-refractivity contribution is 5.79. The third kappa shape index (κ3) is 6.62. The Labute approximate surface area is 177 Å². The fraction of sp³-hybridized carbons (Fsp3) is 0.348. The van der Waals surface area contributed by atoms with Crippen molar-refractivity contribution in [2.24, 2.45) is 4.99 Å². The number of hydrogen-bond acceptors (Lipinski definition) is 5. The van der Waals surface area contributed by atoms with Gasteiger partial charge in [0.2, 0.25) is 0 Å². The lowest BCUT2D eigenvalue weighted by atomic mass is 10.1. The maximum absolute atomic E-state index is 5.78. The van der Waals surface area contributed by atoms with E-state index in [1.54, 1.807) is 6.20 Å². The van der Waals surface area contributed by atoms with E-state index in [-0.39, 0.29) is 0 Å². The molecule has 0 amide bonds. The molecule has 0 radical (unpaired) electrons. The summed E-state index contributed by atoms with van der Waals surface area (Å²) in [6.07, 6.45) is 1.77. The number of ether oxygens (including phenoxy) is 1. The van der Waals surface area contributed by atoms with Gasteiger partial charge in [-0.15, -0.1) is 0 Å². The van der Waals surface area contributed by atoms with Crippen LogP contribution in [0.15, 0.2) is 64.2 Å². The summed E-state index contributed by atoms with van der Waals surface area (Å²) in [5.41, 5.74) is 2.96. The summed E-state index contributed by atoms with van der Waals surface area (Å²) in [6.45, 7) is 8.54. The number of nitrogens with one attached hydrogen (secondary N) is 2. The van der Waals surface area contributed by atoms with E-state index in [1.165, 1.54) is 0 Å². The van der Waals surface area contributed by atoms with Crippen molar-refractivity contribution >= 4 is 5.96 Å². The van der Waals surface area contributed by atoms with Crippen molar-refractivity contribution in [2.75, 3.05) is 6.54 Å². The minimum Gasteiger partial charge on any atom is -0.487 e. The molecule has 0 unspecified atom stereocenters. The Kier molecular flexibility index (Phi) is 7.83. The zero-order chi connectivity index (χ0) is 21.2. The van der Waals surface area contributed by atoms with E-state index in [1.807, 2.05) is 55.5 Å². The second-order valence-corrected chi connectivity index (χ2v) is 7.18. The first-order chi connectivity index (χ1) is 14.6. The van der Waals surface area contributed by atoms with E-state index in [0.717, 1.165) is 41.0 Å². The standard InChI is InChI=1S/C23H29N5O2/c1-4-24-23(27-15-21-13-22(17(2)3)28-30-21)26-14-18-8-10-20(11-9-18)29-16-19-7-5-6-12-25-19/h5-13,17H,4,14-16H2,1-3H3,(H2,24,26,27). The van der Waals surface area contributed by atoms with Gasteiger partial charge < -0.3 is 19.9 Å². The molecule has 30 heavy (non-hydrogen) atoms. The van der Waals surface area contributed by atoms with E-state index in [0.29, 0.717) is 25.6 Å². The summed E-state index contributed by atoms with van der Waals surface area (Å²) >= 11 is 0. The molecule has 158 valence electrons. The van der Waals surface area contributed by atoms with Gasteiger partial charge >= 0.3 is 0 Å². The van der Waals surface area contributed by atoms with Crippen LogP contribution in [-0.4, -0.2) is 22.6 Å². The second kappa shape index (κ2) is 11.0. The van der Waals surface area contributed by atoms with E-state index < -0.39 is 0 Å². The Hall–Kier alpha value is -3.35. The molecular weight excluding hydrogens is 378 g/mol. The first kappa shape index (κ1) is 21.4. The van der Waals surface area contributed by atoms with Crippen molar-refractivity contribution in [2.45, 2.75) is 46.4 Å². The molecule has 3 aromatic rings. The van der Waals surface area contributed by atoms with Crippen molar-refractivity contribution in [3.8, 4) is 5.75 Å². The predicted octanol–water partition coefficient (Wildman–Crippen LogP) is 4.03. The highest BCUT2D eigenvalue weighted by atomic mass is 16.5. The average molecular weight is 408 g/mol. The molecule has 3 rings (SSSR count). The van der Waals surface area contributed by atoms with Crippen LogP contribution in [0.5, 0.6) is 5.75 Å². The van der Waals surface area contributed by atoms with Gasteiger partial charge in [0.15, 0.2) is 11.7 Å². The first-order valence-electron chi connectivity index (χ1n) is 10.2. The van der Waals surface area contributed by atoms with Crippen LogP contribution >= 0.6 is 0 Å². The lowest BCUT2D eigenvalue weighted by Crippen LogP contribution is -2.36. The minimum atomic E-state index is 0.348. The predicted molar refractivity (Wildman–Crippen MR) is 117 cm³/mol. The van der Waals surface area contributed by atoms with Crippen LogP contribution in [0.3, 0.4) is 0 Å². The number of hydrogen-bond donors (Lipinski definition) is 2. The van der Waals surface area contributed by atoms with Crippen LogP contribution in [0.4, 0.5) is 0 Å². The fourth-order valence-electron chi connectivity index (χ4n) is 2.70. The van der Waals surface area contributed by atoms with Gasteiger partial charge in [0.25, 0.3) is 0 Å². The first-order valence-corrected chi connectivity index (χ1v) is 10.2. The zero-order valence-corrected chi connectivity index (χ0v) is 17.8. The number of benzene rings is 1.